The molecule has 0 aliphatic carbocycles. The number of hydrogen-bond donors (Lipinski definition) is 3. The molecule has 1 heterocycles. The molecule has 3 aromatic rings. The summed E-state index contributed by atoms with van der Waals surface area (Å²) in [4.78, 5) is 7.37. The van der Waals surface area contributed by atoms with E-state index in [0.717, 1.165) is 11.4 Å². The minimum absolute atomic E-state index is 0.410. The van der Waals surface area contributed by atoms with Gasteiger partial charge in [0.05, 0.1) is 0 Å². The topological polar surface area (TPSA) is 59.9 Å². The highest BCUT2D eigenvalue weighted by Crippen LogP contribution is 2.29. The number of nitrogens with zero attached hydrogens (tertiary/aromatic N) is 2. The van der Waals surface area contributed by atoms with Gasteiger partial charge in [-0.05, 0) is 42.7 Å². The van der Waals surface area contributed by atoms with E-state index in [2.05, 4.69) is 77.1 Å². The lowest BCUT2D eigenvalue weighted by Gasteiger charge is -2.15. The Morgan fingerprint density at radius 3 is 2.61 bits per heavy atom. The molecule has 148 valence electrons. The molecule has 0 saturated heterocycles. The summed E-state index contributed by atoms with van der Waals surface area (Å²) in [6.07, 6.45) is -0.570. The molecule has 1 atom stereocenters. The number of hydrogen-bond acceptors (Lipinski definition) is 4. The van der Waals surface area contributed by atoms with Crippen molar-refractivity contribution >= 4 is 27.4 Å². The lowest BCUT2D eigenvalue weighted by atomic mass is 10.1. The van der Waals surface area contributed by atoms with Crippen molar-refractivity contribution in [1.29, 1.82) is 0 Å². The number of guanidine groups is 1. The SMILES string of the molecule is CN=C(NCc1cccc(CN(C)C)c1)NCC(O)c1cc2ccccc2s1. The quantitative estimate of drug-likeness (QED) is 0.423. The van der Waals surface area contributed by atoms with Crippen LogP contribution >= 0.6 is 11.3 Å². The summed E-state index contributed by atoms with van der Waals surface area (Å²) in [6, 6.07) is 18.8. The summed E-state index contributed by atoms with van der Waals surface area (Å²) in [5.74, 6) is 0.679. The maximum absolute atomic E-state index is 10.5. The molecular weight excluding hydrogens is 368 g/mol. The standard InChI is InChI=1S/C22H28N4OS/c1-23-22(24-13-16-7-6-8-17(11-16)15-26(2)3)25-14-19(27)21-12-18-9-4-5-10-20(18)28-21/h4-12,19,27H,13-15H2,1-3H3,(H2,23,24,25). The molecule has 6 heteroatoms. The molecule has 28 heavy (non-hydrogen) atoms. The summed E-state index contributed by atoms with van der Waals surface area (Å²) >= 11 is 1.63. The third-order valence-corrected chi connectivity index (χ3v) is 5.63. The largest absolute Gasteiger partial charge is 0.386 e. The minimum Gasteiger partial charge on any atom is -0.386 e. The van der Waals surface area contributed by atoms with Gasteiger partial charge in [-0.3, -0.25) is 4.99 Å². The Morgan fingerprint density at radius 1 is 1.07 bits per heavy atom. The number of benzene rings is 2. The summed E-state index contributed by atoms with van der Waals surface area (Å²) in [7, 11) is 5.88. The molecule has 3 rings (SSSR count). The van der Waals surface area contributed by atoms with Gasteiger partial charge in [0.1, 0.15) is 6.10 Å². The Morgan fingerprint density at radius 2 is 1.86 bits per heavy atom. The lowest BCUT2D eigenvalue weighted by Crippen LogP contribution is -2.38. The number of aliphatic hydroxyl groups excluding tert-OH is 1. The monoisotopic (exact) mass is 396 g/mol. The van der Waals surface area contributed by atoms with Crippen LogP contribution in [0.3, 0.4) is 0 Å². The predicted molar refractivity (Wildman–Crippen MR) is 119 cm³/mol. The van der Waals surface area contributed by atoms with Crippen molar-refractivity contribution in [2.24, 2.45) is 4.99 Å². The van der Waals surface area contributed by atoms with Crippen LogP contribution in [0.2, 0.25) is 0 Å². The first-order chi connectivity index (χ1) is 13.5. The molecule has 0 radical (unpaired) electrons. The normalized spacial score (nSPS) is 13.1. The Hall–Kier alpha value is -2.41. The highest BCUT2D eigenvalue weighted by molar-refractivity contribution is 7.19. The van der Waals surface area contributed by atoms with Gasteiger partial charge in [0, 0.05) is 36.3 Å². The third kappa shape index (κ3) is 5.55. The molecule has 1 aromatic heterocycles. The molecule has 0 aliphatic heterocycles. The van der Waals surface area contributed by atoms with Crippen molar-refractivity contribution in [3.05, 3.63) is 70.6 Å². The predicted octanol–water partition coefficient (Wildman–Crippen LogP) is 3.36. The first-order valence-electron chi connectivity index (χ1n) is 9.39. The third-order valence-electron chi connectivity index (χ3n) is 4.41. The van der Waals surface area contributed by atoms with E-state index in [1.807, 2.05) is 12.1 Å². The van der Waals surface area contributed by atoms with Gasteiger partial charge in [0.2, 0.25) is 0 Å². The molecule has 0 fully saturated rings. The van der Waals surface area contributed by atoms with Crippen molar-refractivity contribution in [2.75, 3.05) is 27.7 Å². The number of nitrogens with one attached hydrogen (secondary N) is 2. The van der Waals surface area contributed by atoms with Crippen LogP contribution < -0.4 is 10.6 Å². The molecule has 0 spiro atoms. The van der Waals surface area contributed by atoms with Gasteiger partial charge >= 0.3 is 0 Å². The van der Waals surface area contributed by atoms with Crippen molar-refractivity contribution in [1.82, 2.24) is 15.5 Å². The molecule has 0 saturated carbocycles. The fraction of sp³-hybridized carbons (Fsp3) is 0.318. The molecule has 3 N–H and O–H groups in total. The molecule has 0 bridgehead atoms. The van der Waals surface area contributed by atoms with Crippen molar-refractivity contribution in [3.8, 4) is 0 Å². The Bertz CT molecular complexity index is 902. The fourth-order valence-electron chi connectivity index (χ4n) is 3.07. The van der Waals surface area contributed by atoms with Crippen LogP contribution in [-0.4, -0.2) is 43.7 Å². The average molecular weight is 397 g/mol. The van der Waals surface area contributed by atoms with Gasteiger partial charge in [-0.15, -0.1) is 11.3 Å². The van der Waals surface area contributed by atoms with Crippen molar-refractivity contribution in [2.45, 2.75) is 19.2 Å². The van der Waals surface area contributed by atoms with Crippen LogP contribution in [0.5, 0.6) is 0 Å². The zero-order chi connectivity index (χ0) is 19.9. The van der Waals surface area contributed by atoms with Crippen LogP contribution in [0.25, 0.3) is 10.1 Å². The summed E-state index contributed by atoms with van der Waals surface area (Å²) in [6.45, 7) is 2.01. The van der Waals surface area contributed by atoms with E-state index in [9.17, 15) is 5.11 Å². The second-order valence-electron chi connectivity index (χ2n) is 7.07. The van der Waals surface area contributed by atoms with Gasteiger partial charge in [0.15, 0.2) is 5.96 Å². The highest BCUT2D eigenvalue weighted by Gasteiger charge is 2.12. The Balaban J connectivity index is 1.53. The van der Waals surface area contributed by atoms with Crippen LogP contribution in [-0.2, 0) is 13.1 Å². The molecule has 1 unspecified atom stereocenters. The number of aliphatic imine (C=N–C) groups is 1. The van der Waals surface area contributed by atoms with Gasteiger partial charge < -0.3 is 20.6 Å². The van der Waals surface area contributed by atoms with E-state index in [-0.39, 0.29) is 0 Å². The van der Waals surface area contributed by atoms with Gasteiger partial charge in [-0.1, -0.05) is 42.5 Å². The van der Waals surface area contributed by atoms with E-state index >= 15 is 0 Å². The Labute approximate surface area is 170 Å². The molecule has 0 amide bonds. The van der Waals surface area contributed by atoms with Crippen LogP contribution in [0.1, 0.15) is 22.1 Å². The average Bonchev–Trinajstić information content (AvgIpc) is 3.12. The maximum atomic E-state index is 10.5. The summed E-state index contributed by atoms with van der Waals surface area (Å²) < 4.78 is 1.19. The summed E-state index contributed by atoms with van der Waals surface area (Å²) in [5.41, 5.74) is 2.49. The van der Waals surface area contributed by atoms with Gasteiger partial charge in [0.25, 0.3) is 0 Å². The molecule has 0 aliphatic rings. The number of thiophene rings is 1. The lowest BCUT2D eigenvalue weighted by molar-refractivity contribution is 0.184. The summed E-state index contributed by atoms with van der Waals surface area (Å²) in [5, 5.41) is 18.2. The first-order valence-corrected chi connectivity index (χ1v) is 10.2. The molecule has 5 nitrogen and oxygen atoms in total. The second kappa shape index (κ2) is 9.68. The van der Waals surface area contributed by atoms with E-state index in [0.29, 0.717) is 19.0 Å². The van der Waals surface area contributed by atoms with E-state index in [4.69, 9.17) is 0 Å². The molecule has 2 aromatic carbocycles. The minimum atomic E-state index is -0.570. The van der Waals surface area contributed by atoms with Crippen LogP contribution in [0, 0.1) is 0 Å². The van der Waals surface area contributed by atoms with Crippen LogP contribution in [0.15, 0.2) is 59.6 Å². The number of fused-ring (bicyclic) bond motifs is 1. The first kappa shape index (κ1) is 20.3. The van der Waals surface area contributed by atoms with Crippen molar-refractivity contribution in [3.63, 3.8) is 0 Å². The van der Waals surface area contributed by atoms with Crippen LogP contribution in [0.4, 0.5) is 0 Å². The van der Waals surface area contributed by atoms with E-state index < -0.39 is 6.10 Å². The van der Waals surface area contributed by atoms with Gasteiger partial charge in [-0.25, -0.2) is 0 Å². The van der Waals surface area contributed by atoms with E-state index in [1.165, 1.54) is 21.2 Å². The second-order valence-corrected chi connectivity index (χ2v) is 8.18. The molecular formula is C22H28N4OS. The smallest absolute Gasteiger partial charge is 0.191 e. The fourth-order valence-corrected chi connectivity index (χ4v) is 4.12. The number of aliphatic hydroxyl groups is 1. The Kier molecular flexibility index (Phi) is 7.03. The zero-order valence-electron chi connectivity index (χ0n) is 16.6. The maximum Gasteiger partial charge on any atom is 0.191 e. The van der Waals surface area contributed by atoms with Crippen molar-refractivity contribution < 1.29 is 5.11 Å². The van der Waals surface area contributed by atoms with Gasteiger partial charge in [-0.2, -0.15) is 0 Å². The highest BCUT2D eigenvalue weighted by atomic mass is 32.1. The zero-order valence-corrected chi connectivity index (χ0v) is 17.5. The number of rotatable bonds is 7. The van der Waals surface area contributed by atoms with E-state index in [1.54, 1.807) is 18.4 Å².